The van der Waals surface area contributed by atoms with Crippen molar-refractivity contribution in [3.63, 3.8) is 0 Å². The van der Waals surface area contributed by atoms with Crippen LogP contribution < -0.4 is 10.2 Å². The molecule has 0 aliphatic carbocycles. The predicted molar refractivity (Wildman–Crippen MR) is 108 cm³/mol. The molecule has 0 saturated heterocycles. The number of hydrogen-bond donors (Lipinski definition) is 1. The molecule has 0 fully saturated rings. The Morgan fingerprint density at radius 1 is 1.15 bits per heavy atom. The van der Waals surface area contributed by atoms with Gasteiger partial charge in [0.2, 0.25) is 5.95 Å². The van der Waals surface area contributed by atoms with E-state index >= 15 is 0 Å². The van der Waals surface area contributed by atoms with Gasteiger partial charge >= 0.3 is 0 Å². The molecule has 26 heavy (non-hydrogen) atoms. The SMILES string of the molecule is CC(C)(C)Sc1ccc(NC(=O)C2=CCN(c3ncccn3)CC2)cc1. The zero-order chi connectivity index (χ0) is 18.6. The molecular formula is C20H24N4OS. The van der Waals surface area contributed by atoms with Crippen LogP contribution in [-0.2, 0) is 4.79 Å². The number of hydrogen-bond acceptors (Lipinski definition) is 5. The number of nitrogens with one attached hydrogen (secondary N) is 1. The standard InChI is InChI=1S/C20H24N4OS/c1-20(2,3)26-17-7-5-16(6-8-17)23-18(25)15-9-13-24(14-10-15)19-21-11-4-12-22-19/h4-9,11-12H,10,13-14H2,1-3H3,(H,23,25). The first-order chi connectivity index (χ1) is 12.4. The van der Waals surface area contributed by atoms with Crippen LogP contribution in [0, 0.1) is 0 Å². The maximum Gasteiger partial charge on any atom is 0.251 e. The second kappa shape index (κ2) is 7.91. The third-order valence-corrected chi connectivity index (χ3v) is 4.99. The molecule has 5 nitrogen and oxygen atoms in total. The minimum atomic E-state index is -0.0325. The maximum absolute atomic E-state index is 12.5. The van der Waals surface area contributed by atoms with E-state index in [4.69, 9.17) is 0 Å². The highest BCUT2D eigenvalue weighted by atomic mass is 32.2. The maximum atomic E-state index is 12.5. The van der Waals surface area contributed by atoms with Gasteiger partial charge in [-0.3, -0.25) is 4.79 Å². The van der Waals surface area contributed by atoms with Crippen LogP contribution in [0.1, 0.15) is 27.2 Å². The summed E-state index contributed by atoms with van der Waals surface area (Å²) in [6.07, 6.45) is 6.10. The summed E-state index contributed by atoms with van der Waals surface area (Å²) in [5.41, 5.74) is 1.63. The number of anilines is 2. The Hall–Kier alpha value is -2.34. The molecule has 0 spiro atoms. The third kappa shape index (κ3) is 5.08. The van der Waals surface area contributed by atoms with Gasteiger partial charge in [-0.1, -0.05) is 26.8 Å². The molecule has 1 N–H and O–H groups in total. The minimum Gasteiger partial charge on any atom is -0.337 e. The average Bonchev–Trinajstić information content (AvgIpc) is 2.63. The highest BCUT2D eigenvalue weighted by molar-refractivity contribution is 8.00. The van der Waals surface area contributed by atoms with Crippen molar-refractivity contribution in [2.24, 2.45) is 0 Å². The quantitative estimate of drug-likeness (QED) is 0.822. The first-order valence-corrected chi connectivity index (χ1v) is 9.54. The summed E-state index contributed by atoms with van der Waals surface area (Å²) in [6, 6.07) is 9.82. The number of benzene rings is 1. The normalized spacial score (nSPS) is 14.7. The van der Waals surface area contributed by atoms with Crippen LogP contribution in [0.25, 0.3) is 0 Å². The molecule has 2 aromatic rings. The number of carbonyl (C=O) groups excluding carboxylic acids is 1. The second-order valence-corrected chi connectivity index (χ2v) is 9.07. The van der Waals surface area contributed by atoms with E-state index in [0.717, 1.165) is 17.8 Å². The molecule has 1 aromatic carbocycles. The summed E-state index contributed by atoms with van der Waals surface area (Å²) >= 11 is 1.81. The van der Waals surface area contributed by atoms with E-state index in [2.05, 4.69) is 53.1 Å². The zero-order valence-corrected chi connectivity index (χ0v) is 16.2. The van der Waals surface area contributed by atoms with Gasteiger partial charge in [-0.15, -0.1) is 11.8 Å². The van der Waals surface area contributed by atoms with E-state index in [9.17, 15) is 4.79 Å². The zero-order valence-electron chi connectivity index (χ0n) is 15.4. The summed E-state index contributed by atoms with van der Waals surface area (Å²) in [5, 5.41) is 2.99. The van der Waals surface area contributed by atoms with Gasteiger partial charge in [0.25, 0.3) is 5.91 Å². The third-order valence-electron chi connectivity index (χ3n) is 3.87. The van der Waals surface area contributed by atoms with Gasteiger partial charge in [-0.05, 0) is 36.8 Å². The van der Waals surface area contributed by atoms with Crippen molar-refractivity contribution in [3.05, 3.63) is 54.4 Å². The van der Waals surface area contributed by atoms with Crippen molar-refractivity contribution < 1.29 is 4.79 Å². The Bertz CT molecular complexity index is 782. The van der Waals surface area contributed by atoms with Crippen LogP contribution in [0.5, 0.6) is 0 Å². The van der Waals surface area contributed by atoms with Crippen molar-refractivity contribution >= 4 is 29.3 Å². The van der Waals surface area contributed by atoms with Crippen LogP contribution in [0.3, 0.4) is 0 Å². The van der Waals surface area contributed by atoms with Gasteiger partial charge in [0.05, 0.1) is 0 Å². The molecule has 1 aliphatic rings. The van der Waals surface area contributed by atoms with E-state index in [1.54, 1.807) is 18.5 Å². The number of thioether (sulfide) groups is 1. The Labute approximate surface area is 158 Å². The molecule has 0 atom stereocenters. The first-order valence-electron chi connectivity index (χ1n) is 8.72. The summed E-state index contributed by atoms with van der Waals surface area (Å²) < 4.78 is 0.173. The van der Waals surface area contributed by atoms with E-state index < -0.39 is 0 Å². The van der Waals surface area contributed by atoms with Crippen molar-refractivity contribution in [1.82, 2.24) is 9.97 Å². The smallest absolute Gasteiger partial charge is 0.251 e. The van der Waals surface area contributed by atoms with Gasteiger partial charge in [0.1, 0.15) is 0 Å². The summed E-state index contributed by atoms with van der Waals surface area (Å²) in [7, 11) is 0. The lowest BCUT2D eigenvalue weighted by molar-refractivity contribution is -0.113. The Morgan fingerprint density at radius 2 is 1.85 bits per heavy atom. The van der Waals surface area contributed by atoms with E-state index in [1.807, 2.05) is 30.0 Å². The van der Waals surface area contributed by atoms with Gasteiger partial charge in [0, 0.05) is 46.4 Å². The summed E-state index contributed by atoms with van der Waals surface area (Å²) in [5.74, 6) is 0.671. The molecule has 0 unspecified atom stereocenters. The molecule has 1 amide bonds. The number of rotatable bonds is 4. The molecule has 2 heterocycles. The average molecular weight is 369 g/mol. The van der Waals surface area contributed by atoms with Gasteiger partial charge in [0.15, 0.2) is 0 Å². The van der Waals surface area contributed by atoms with Crippen LogP contribution in [0.15, 0.2) is 59.3 Å². The largest absolute Gasteiger partial charge is 0.337 e. The van der Waals surface area contributed by atoms with Crippen molar-refractivity contribution in [1.29, 1.82) is 0 Å². The number of carbonyl (C=O) groups is 1. The highest BCUT2D eigenvalue weighted by Gasteiger charge is 2.18. The molecule has 1 aliphatic heterocycles. The lowest BCUT2D eigenvalue weighted by Gasteiger charge is -2.25. The minimum absolute atomic E-state index is 0.0325. The molecule has 136 valence electrons. The van der Waals surface area contributed by atoms with Crippen LogP contribution in [-0.4, -0.2) is 33.7 Å². The molecule has 6 heteroatoms. The first kappa shape index (κ1) is 18.5. The molecule has 1 aromatic heterocycles. The molecule has 0 radical (unpaired) electrons. The fourth-order valence-corrected chi connectivity index (χ4v) is 3.66. The topological polar surface area (TPSA) is 58.1 Å². The van der Waals surface area contributed by atoms with Gasteiger partial charge in [-0.2, -0.15) is 0 Å². The fourth-order valence-electron chi connectivity index (χ4n) is 2.68. The molecule has 0 saturated carbocycles. The van der Waals surface area contributed by atoms with E-state index in [0.29, 0.717) is 18.9 Å². The number of amides is 1. The van der Waals surface area contributed by atoms with E-state index in [1.165, 1.54) is 4.90 Å². The van der Waals surface area contributed by atoms with Crippen molar-refractivity contribution in [2.75, 3.05) is 23.3 Å². The Kier molecular flexibility index (Phi) is 5.61. The fraction of sp³-hybridized carbons (Fsp3) is 0.350. The highest BCUT2D eigenvalue weighted by Crippen LogP contribution is 2.32. The number of aromatic nitrogens is 2. The van der Waals surface area contributed by atoms with Crippen LogP contribution in [0.4, 0.5) is 11.6 Å². The lowest BCUT2D eigenvalue weighted by Crippen LogP contribution is -2.32. The van der Waals surface area contributed by atoms with Crippen LogP contribution >= 0.6 is 11.8 Å². The number of nitrogens with zero attached hydrogens (tertiary/aromatic N) is 3. The molecule has 0 bridgehead atoms. The molecular weight excluding hydrogens is 344 g/mol. The Balaban J connectivity index is 1.58. The van der Waals surface area contributed by atoms with Gasteiger partial charge < -0.3 is 10.2 Å². The molecule has 3 rings (SSSR count). The van der Waals surface area contributed by atoms with E-state index in [-0.39, 0.29) is 10.7 Å². The van der Waals surface area contributed by atoms with Crippen molar-refractivity contribution in [2.45, 2.75) is 36.8 Å². The van der Waals surface area contributed by atoms with Crippen LogP contribution in [0.2, 0.25) is 0 Å². The summed E-state index contributed by atoms with van der Waals surface area (Å²) in [4.78, 5) is 24.3. The predicted octanol–water partition coefficient (Wildman–Crippen LogP) is 4.14. The van der Waals surface area contributed by atoms with Crippen molar-refractivity contribution in [3.8, 4) is 0 Å². The second-order valence-electron chi connectivity index (χ2n) is 7.17. The monoisotopic (exact) mass is 368 g/mol. The van der Waals surface area contributed by atoms with Gasteiger partial charge in [-0.25, -0.2) is 9.97 Å². The lowest BCUT2D eigenvalue weighted by atomic mass is 10.1. The Morgan fingerprint density at radius 3 is 2.42 bits per heavy atom. The summed E-state index contributed by atoms with van der Waals surface area (Å²) in [6.45, 7) is 7.95.